The minimum absolute atomic E-state index is 0.0837. The van der Waals surface area contributed by atoms with Crippen molar-refractivity contribution in [3.63, 3.8) is 0 Å². The number of benzene rings is 3. The first kappa shape index (κ1) is 27.4. The van der Waals surface area contributed by atoms with Crippen molar-refractivity contribution in [2.45, 2.75) is 38.3 Å². The van der Waals surface area contributed by atoms with Gasteiger partial charge in [0, 0.05) is 16.3 Å². The standard InChI is InChI=1S/C29H30ClN5O2S/c1-5-37-25-16-14-24(15-17-25)35-27(21-8-12-23(30)13-9-21)33-34-28(35)38-19-26(36)32-31-18-20-6-10-22(11-7-20)29(2,3)4/h6-18H,5,19H2,1-4H3,(H,32,36). The summed E-state index contributed by atoms with van der Waals surface area (Å²) >= 11 is 7.36. The zero-order chi connectivity index (χ0) is 27.1. The van der Waals surface area contributed by atoms with Crippen LogP contribution >= 0.6 is 23.4 Å². The lowest BCUT2D eigenvalue weighted by molar-refractivity contribution is -0.118. The first-order chi connectivity index (χ1) is 18.2. The van der Waals surface area contributed by atoms with Gasteiger partial charge >= 0.3 is 0 Å². The molecule has 4 rings (SSSR count). The number of amides is 1. The lowest BCUT2D eigenvalue weighted by atomic mass is 9.87. The summed E-state index contributed by atoms with van der Waals surface area (Å²) in [6.07, 6.45) is 1.63. The highest BCUT2D eigenvalue weighted by Gasteiger charge is 2.18. The zero-order valence-corrected chi connectivity index (χ0v) is 23.4. The third-order valence-corrected chi connectivity index (χ3v) is 6.83. The third kappa shape index (κ3) is 7.02. The number of halogens is 1. The van der Waals surface area contributed by atoms with Crippen molar-refractivity contribution in [3.8, 4) is 22.8 Å². The molecule has 1 aromatic heterocycles. The summed E-state index contributed by atoms with van der Waals surface area (Å²) < 4.78 is 7.49. The van der Waals surface area contributed by atoms with Crippen molar-refractivity contribution >= 4 is 35.5 Å². The van der Waals surface area contributed by atoms with E-state index in [1.54, 1.807) is 6.21 Å². The minimum atomic E-state index is -0.244. The van der Waals surface area contributed by atoms with Gasteiger partial charge in [0.05, 0.1) is 18.6 Å². The first-order valence-corrected chi connectivity index (χ1v) is 13.6. The Hall–Kier alpha value is -3.62. The molecule has 9 heteroatoms. The van der Waals surface area contributed by atoms with Crippen molar-refractivity contribution < 1.29 is 9.53 Å². The molecule has 0 spiro atoms. The number of carbonyl (C=O) groups is 1. The van der Waals surface area contributed by atoms with E-state index < -0.39 is 0 Å². The van der Waals surface area contributed by atoms with E-state index in [1.807, 2.05) is 72.2 Å². The predicted molar refractivity (Wildman–Crippen MR) is 155 cm³/mol. The van der Waals surface area contributed by atoms with Crippen LogP contribution in [0.5, 0.6) is 5.75 Å². The minimum Gasteiger partial charge on any atom is -0.494 e. The molecule has 0 saturated carbocycles. The molecular weight excluding hydrogens is 518 g/mol. The van der Waals surface area contributed by atoms with Crippen LogP contribution in [0.3, 0.4) is 0 Å². The van der Waals surface area contributed by atoms with Crippen molar-refractivity contribution in [2.24, 2.45) is 5.10 Å². The number of ether oxygens (including phenoxy) is 1. The van der Waals surface area contributed by atoms with Crippen LogP contribution in [0.1, 0.15) is 38.8 Å². The smallest absolute Gasteiger partial charge is 0.250 e. The summed E-state index contributed by atoms with van der Waals surface area (Å²) in [5.74, 6) is 1.30. The Balaban J connectivity index is 1.47. The van der Waals surface area contributed by atoms with Crippen LogP contribution in [-0.2, 0) is 10.2 Å². The Kier molecular flexibility index (Phi) is 8.86. The Labute approximate surface area is 232 Å². The van der Waals surface area contributed by atoms with Crippen LogP contribution in [0, 0.1) is 0 Å². The maximum absolute atomic E-state index is 12.5. The Morgan fingerprint density at radius 3 is 2.34 bits per heavy atom. The van der Waals surface area contributed by atoms with E-state index in [-0.39, 0.29) is 17.1 Å². The van der Waals surface area contributed by atoms with Crippen LogP contribution in [0.2, 0.25) is 5.02 Å². The summed E-state index contributed by atoms with van der Waals surface area (Å²) in [4.78, 5) is 12.5. The molecule has 0 radical (unpaired) electrons. The molecule has 196 valence electrons. The number of carbonyl (C=O) groups excluding carboxylic acids is 1. The van der Waals surface area contributed by atoms with Crippen LogP contribution in [0.25, 0.3) is 17.1 Å². The maximum Gasteiger partial charge on any atom is 0.250 e. The van der Waals surface area contributed by atoms with Crippen molar-refractivity contribution in [2.75, 3.05) is 12.4 Å². The molecule has 4 aromatic rings. The van der Waals surface area contributed by atoms with Crippen molar-refractivity contribution in [3.05, 3.63) is 88.9 Å². The van der Waals surface area contributed by atoms with Gasteiger partial charge in [-0.15, -0.1) is 10.2 Å². The van der Waals surface area contributed by atoms with Gasteiger partial charge in [-0.1, -0.05) is 68.4 Å². The second-order valence-corrected chi connectivity index (χ2v) is 10.9. The number of thioether (sulfide) groups is 1. The van der Waals surface area contributed by atoms with E-state index >= 15 is 0 Å². The SMILES string of the molecule is CCOc1ccc(-n2c(SCC(=O)NN=Cc3ccc(C(C)(C)C)cc3)nnc2-c2ccc(Cl)cc2)cc1. The Morgan fingerprint density at radius 1 is 1.03 bits per heavy atom. The van der Waals surface area contributed by atoms with Crippen LogP contribution in [-0.4, -0.2) is 39.2 Å². The molecule has 7 nitrogen and oxygen atoms in total. The van der Waals surface area contributed by atoms with E-state index in [9.17, 15) is 4.79 Å². The molecule has 1 N–H and O–H groups in total. The van der Waals surface area contributed by atoms with E-state index in [1.165, 1.54) is 17.3 Å². The largest absolute Gasteiger partial charge is 0.494 e. The molecule has 0 saturated heterocycles. The molecule has 0 fully saturated rings. The van der Waals surface area contributed by atoms with E-state index in [2.05, 4.69) is 53.6 Å². The summed E-state index contributed by atoms with van der Waals surface area (Å²) in [6, 6.07) is 23.2. The second kappa shape index (κ2) is 12.3. The molecule has 0 aliphatic rings. The molecule has 1 heterocycles. The van der Waals surface area contributed by atoms with Gasteiger partial charge in [0.15, 0.2) is 11.0 Å². The normalized spacial score (nSPS) is 11.6. The average molecular weight is 548 g/mol. The molecule has 0 bridgehead atoms. The highest BCUT2D eigenvalue weighted by atomic mass is 35.5. The van der Waals surface area contributed by atoms with Gasteiger partial charge in [0.2, 0.25) is 0 Å². The fourth-order valence-corrected chi connectivity index (χ4v) is 4.52. The highest BCUT2D eigenvalue weighted by molar-refractivity contribution is 7.99. The number of nitrogens with zero attached hydrogens (tertiary/aromatic N) is 4. The molecular formula is C29H30ClN5O2S. The molecule has 3 aromatic carbocycles. The third-order valence-electron chi connectivity index (χ3n) is 5.65. The summed E-state index contributed by atoms with van der Waals surface area (Å²) in [5, 5.41) is 14.1. The molecule has 0 atom stereocenters. The van der Waals surface area contributed by atoms with Crippen LogP contribution in [0.15, 0.2) is 83.1 Å². The van der Waals surface area contributed by atoms with Crippen molar-refractivity contribution in [1.29, 1.82) is 0 Å². The highest BCUT2D eigenvalue weighted by Crippen LogP contribution is 2.29. The number of rotatable bonds is 9. The molecule has 0 aliphatic carbocycles. The van der Waals surface area contributed by atoms with Gasteiger partial charge in [0.1, 0.15) is 5.75 Å². The average Bonchev–Trinajstić information content (AvgIpc) is 3.32. The maximum atomic E-state index is 12.5. The van der Waals surface area contributed by atoms with Gasteiger partial charge in [-0.3, -0.25) is 9.36 Å². The molecule has 0 unspecified atom stereocenters. The number of aromatic nitrogens is 3. The Bertz CT molecular complexity index is 1390. The monoisotopic (exact) mass is 547 g/mol. The van der Waals surface area contributed by atoms with Crippen LogP contribution in [0.4, 0.5) is 0 Å². The van der Waals surface area contributed by atoms with E-state index in [0.29, 0.717) is 22.6 Å². The second-order valence-electron chi connectivity index (χ2n) is 9.53. The van der Waals surface area contributed by atoms with Crippen molar-refractivity contribution in [1.82, 2.24) is 20.2 Å². The lowest BCUT2D eigenvalue weighted by Gasteiger charge is -2.18. The van der Waals surface area contributed by atoms with Gasteiger partial charge in [0.25, 0.3) is 5.91 Å². The molecule has 38 heavy (non-hydrogen) atoms. The van der Waals surface area contributed by atoms with E-state index in [4.69, 9.17) is 16.3 Å². The zero-order valence-electron chi connectivity index (χ0n) is 21.8. The van der Waals surface area contributed by atoms with Gasteiger partial charge in [-0.2, -0.15) is 5.10 Å². The predicted octanol–water partition coefficient (Wildman–Crippen LogP) is 6.53. The fourth-order valence-electron chi connectivity index (χ4n) is 3.65. The van der Waals surface area contributed by atoms with Crippen LogP contribution < -0.4 is 10.2 Å². The summed E-state index contributed by atoms with van der Waals surface area (Å²) in [6.45, 7) is 9.04. The van der Waals surface area contributed by atoms with E-state index in [0.717, 1.165) is 22.6 Å². The summed E-state index contributed by atoms with van der Waals surface area (Å²) in [7, 11) is 0. The number of hydrogen-bond acceptors (Lipinski definition) is 6. The van der Waals surface area contributed by atoms with Gasteiger partial charge < -0.3 is 4.74 Å². The molecule has 1 amide bonds. The lowest BCUT2D eigenvalue weighted by Crippen LogP contribution is -2.20. The molecule has 0 aliphatic heterocycles. The first-order valence-electron chi connectivity index (χ1n) is 12.2. The topological polar surface area (TPSA) is 81.4 Å². The summed E-state index contributed by atoms with van der Waals surface area (Å²) in [5.41, 5.74) is 6.53. The number of hydrazone groups is 1. The van der Waals surface area contributed by atoms with Gasteiger partial charge in [-0.05, 0) is 72.0 Å². The Morgan fingerprint density at radius 2 is 1.71 bits per heavy atom. The fraction of sp³-hybridized carbons (Fsp3) is 0.241. The van der Waals surface area contributed by atoms with Gasteiger partial charge in [-0.25, -0.2) is 5.43 Å². The quantitative estimate of drug-likeness (QED) is 0.146. The number of hydrogen-bond donors (Lipinski definition) is 1. The number of nitrogens with one attached hydrogen (secondary N) is 1.